The molecule has 1 saturated heterocycles. The van der Waals surface area contributed by atoms with Crippen molar-refractivity contribution in [3.63, 3.8) is 0 Å². The van der Waals surface area contributed by atoms with Gasteiger partial charge in [0, 0.05) is 29.3 Å². The standard InChI is InChI=1S/C12H25FN2S/c1-8(16-5)11-9(6-14)10(13)7-15(11)12(2,3)4/h8-11H,6-7,14H2,1-5H3/t8-,9?,10-,11+/m0/s1. The van der Waals surface area contributed by atoms with Gasteiger partial charge in [0.25, 0.3) is 0 Å². The van der Waals surface area contributed by atoms with E-state index in [0.29, 0.717) is 18.3 Å². The lowest BCUT2D eigenvalue weighted by Crippen LogP contribution is -2.50. The van der Waals surface area contributed by atoms with Crippen LogP contribution in [0.1, 0.15) is 27.7 Å². The molecule has 1 fully saturated rings. The van der Waals surface area contributed by atoms with Gasteiger partial charge in [-0.05, 0) is 33.6 Å². The average Bonchev–Trinajstić information content (AvgIpc) is 2.53. The van der Waals surface area contributed by atoms with Crippen LogP contribution in [0.4, 0.5) is 4.39 Å². The molecule has 16 heavy (non-hydrogen) atoms. The van der Waals surface area contributed by atoms with Crippen LogP contribution in [0, 0.1) is 5.92 Å². The Kier molecular flexibility index (Phi) is 4.66. The van der Waals surface area contributed by atoms with Gasteiger partial charge >= 0.3 is 0 Å². The maximum absolute atomic E-state index is 14.0. The fraction of sp³-hybridized carbons (Fsp3) is 1.00. The molecule has 96 valence electrons. The number of likely N-dealkylation sites (tertiary alicyclic amines) is 1. The van der Waals surface area contributed by atoms with Gasteiger partial charge in [0.1, 0.15) is 6.17 Å². The van der Waals surface area contributed by atoms with Gasteiger partial charge in [0.2, 0.25) is 0 Å². The number of nitrogens with zero attached hydrogens (tertiary/aromatic N) is 1. The molecule has 0 bridgehead atoms. The van der Waals surface area contributed by atoms with Crippen molar-refractivity contribution in [2.45, 2.75) is 50.7 Å². The lowest BCUT2D eigenvalue weighted by molar-refractivity contribution is 0.108. The Morgan fingerprint density at radius 3 is 2.44 bits per heavy atom. The Hall–Kier alpha value is 0.200. The Balaban J connectivity index is 2.93. The summed E-state index contributed by atoms with van der Waals surface area (Å²) >= 11 is 1.80. The lowest BCUT2D eigenvalue weighted by Gasteiger charge is -2.40. The van der Waals surface area contributed by atoms with Gasteiger partial charge in [-0.15, -0.1) is 0 Å². The van der Waals surface area contributed by atoms with Crippen LogP contribution >= 0.6 is 11.8 Å². The smallest absolute Gasteiger partial charge is 0.118 e. The first-order chi connectivity index (χ1) is 7.32. The molecule has 1 heterocycles. The molecular formula is C12H25FN2S. The predicted octanol–water partition coefficient (Wildman–Crippen LogP) is 2.13. The summed E-state index contributed by atoms with van der Waals surface area (Å²) in [6.07, 6.45) is 1.31. The van der Waals surface area contributed by atoms with E-state index in [-0.39, 0.29) is 17.5 Å². The summed E-state index contributed by atoms with van der Waals surface area (Å²) in [4.78, 5) is 2.29. The Labute approximate surface area is 103 Å². The van der Waals surface area contributed by atoms with E-state index in [9.17, 15) is 4.39 Å². The van der Waals surface area contributed by atoms with Gasteiger partial charge in [-0.3, -0.25) is 4.90 Å². The zero-order valence-corrected chi connectivity index (χ0v) is 11.9. The maximum Gasteiger partial charge on any atom is 0.118 e. The van der Waals surface area contributed by atoms with Crippen molar-refractivity contribution in [2.75, 3.05) is 19.3 Å². The summed E-state index contributed by atoms with van der Waals surface area (Å²) in [5, 5.41) is 0.425. The molecule has 0 aromatic rings. The molecule has 1 aliphatic heterocycles. The quantitative estimate of drug-likeness (QED) is 0.829. The van der Waals surface area contributed by atoms with Gasteiger partial charge in [-0.1, -0.05) is 6.92 Å². The highest BCUT2D eigenvalue weighted by Crippen LogP contribution is 2.37. The number of nitrogens with two attached hydrogens (primary N) is 1. The van der Waals surface area contributed by atoms with E-state index in [1.807, 2.05) is 0 Å². The molecule has 2 N–H and O–H groups in total. The minimum absolute atomic E-state index is 0.0123. The Morgan fingerprint density at radius 2 is 2.06 bits per heavy atom. The summed E-state index contributed by atoms with van der Waals surface area (Å²) in [6, 6.07) is 0.259. The second kappa shape index (κ2) is 5.23. The third kappa shape index (κ3) is 2.71. The van der Waals surface area contributed by atoms with Gasteiger partial charge in [0.15, 0.2) is 0 Å². The normalized spacial score (nSPS) is 34.3. The average molecular weight is 248 g/mol. The molecule has 0 radical (unpaired) electrons. The first-order valence-electron chi connectivity index (χ1n) is 5.96. The second-order valence-corrected chi connectivity index (χ2v) is 6.89. The van der Waals surface area contributed by atoms with Crippen LogP contribution in [0.5, 0.6) is 0 Å². The van der Waals surface area contributed by atoms with Crippen molar-refractivity contribution >= 4 is 11.8 Å². The molecule has 4 heteroatoms. The SMILES string of the molecule is CS[C@@H](C)[C@@H]1C(CN)[C@@H](F)CN1C(C)(C)C. The van der Waals surface area contributed by atoms with Gasteiger partial charge < -0.3 is 5.73 Å². The van der Waals surface area contributed by atoms with Crippen molar-refractivity contribution in [2.24, 2.45) is 11.7 Å². The van der Waals surface area contributed by atoms with E-state index in [0.717, 1.165) is 0 Å². The summed E-state index contributed by atoms with van der Waals surface area (Å²) < 4.78 is 14.0. The molecule has 1 rings (SSSR count). The number of hydrogen-bond donors (Lipinski definition) is 1. The number of alkyl halides is 1. The summed E-state index contributed by atoms with van der Waals surface area (Å²) in [6.45, 7) is 9.61. The molecule has 0 spiro atoms. The third-order valence-electron chi connectivity index (χ3n) is 3.62. The van der Waals surface area contributed by atoms with Crippen molar-refractivity contribution < 1.29 is 4.39 Å². The molecule has 1 aliphatic rings. The highest BCUT2D eigenvalue weighted by atomic mass is 32.2. The second-order valence-electron chi connectivity index (χ2n) is 5.67. The zero-order chi connectivity index (χ0) is 12.5. The van der Waals surface area contributed by atoms with Crippen LogP contribution in [0.2, 0.25) is 0 Å². The fourth-order valence-corrected chi connectivity index (χ4v) is 3.27. The van der Waals surface area contributed by atoms with Gasteiger partial charge in [-0.2, -0.15) is 11.8 Å². The van der Waals surface area contributed by atoms with E-state index < -0.39 is 6.17 Å². The molecule has 0 aromatic carbocycles. The van der Waals surface area contributed by atoms with Crippen LogP contribution in [-0.4, -0.2) is 47.2 Å². The molecule has 0 saturated carbocycles. The van der Waals surface area contributed by atoms with Crippen LogP contribution < -0.4 is 5.73 Å². The zero-order valence-electron chi connectivity index (χ0n) is 11.0. The first-order valence-corrected chi connectivity index (χ1v) is 7.25. The largest absolute Gasteiger partial charge is 0.330 e. The van der Waals surface area contributed by atoms with E-state index in [1.54, 1.807) is 11.8 Å². The Bertz CT molecular complexity index is 230. The summed E-state index contributed by atoms with van der Waals surface area (Å²) in [7, 11) is 0. The molecule has 0 aromatic heterocycles. The minimum Gasteiger partial charge on any atom is -0.330 e. The molecular weight excluding hydrogens is 223 g/mol. The number of thioether (sulfide) groups is 1. The summed E-state index contributed by atoms with van der Waals surface area (Å²) in [5.74, 6) is -0.0123. The number of hydrogen-bond acceptors (Lipinski definition) is 3. The van der Waals surface area contributed by atoms with Crippen LogP contribution in [-0.2, 0) is 0 Å². The van der Waals surface area contributed by atoms with Gasteiger partial charge in [0.05, 0.1) is 0 Å². The topological polar surface area (TPSA) is 29.3 Å². The predicted molar refractivity (Wildman–Crippen MR) is 70.7 cm³/mol. The molecule has 0 amide bonds. The molecule has 4 atom stereocenters. The van der Waals surface area contributed by atoms with Crippen molar-refractivity contribution in [1.82, 2.24) is 4.90 Å². The van der Waals surface area contributed by atoms with E-state index in [2.05, 4.69) is 38.9 Å². The third-order valence-corrected chi connectivity index (χ3v) is 4.64. The number of halogens is 1. The monoisotopic (exact) mass is 248 g/mol. The van der Waals surface area contributed by atoms with Gasteiger partial charge in [-0.25, -0.2) is 4.39 Å². The first kappa shape index (κ1) is 14.3. The van der Waals surface area contributed by atoms with Crippen LogP contribution in [0.15, 0.2) is 0 Å². The molecule has 2 nitrogen and oxygen atoms in total. The highest BCUT2D eigenvalue weighted by Gasteiger charge is 2.47. The minimum atomic E-state index is -0.774. The van der Waals surface area contributed by atoms with E-state index in [4.69, 9.17) is 5.73 Å². The van der Waals surface area contributed by atoms with E-state index >= 15 is 0 Å². The Morgan fingerprint density at radius 1 is 1.50 bits per heavy atom. The molecule has 0 aliphatic carbocycles. The van der Waals surface area contributed by atoms with Crippen LogP contribution in [0.25, 0.3) is 0 Å². The molecule has 1 unspecified atom stereocenters. The van der Waals surface area contributed by atoms with Crippen molar-refractivity contribution in [1.29, 1.82) is 0 Å². The summed E-state index contributed by atoms with van der Waals surface area (Å²) in [5.41, 5.74) is 5.75. The maximum atomic E-state index is 14.0. The van der Waals surface area contributed by atoms with Crippen molar-refractivity contribution in [3.05, 3.63) is 0 Å². The lowest BCUT2D eigenvalue weighted by atomic mass is 9.95. The van der Waals surface area contributed by atoms with Crippen LogP contribution in [0.3, 0.4) is 0 Å². The fourth-order valence-electron chi connectivity index (χ4n) is 2.64. The number of rotatable bonds is 3. The van der Waals surface area contributed by atoms with E-state index in [1.165, 1.54) is 0 Å². The highest BCUT2D eigenvalue weighted by molar-refractivity contribution is 7.99. The van der Waals surface area contributed by atoms with Crippen molar-refractivity contribution in [3.8, 4) is 0 Å².